The van der Waals surface area contributed by atoms with Gasteiger partial charge < -0.3 is 10.3 Å². The number of fused-ring (bicyclic) bond motifs is 1. The molecule has 2 atom stereocenters. The summed E-state index contributed by atoms with van der Waals surface area (Å²) >= 11 is 0. The van der Waals surface area contributed by atoms with Gasteiger partial charge in [0.25, 0.3) is 5.56 Å². The third-order valence-electron chi connectivity index (χ3n) is 3.97. The molecule has 1 aliphatic heterocycles. The number of aromatic nitrogens is 2. The molecule has 5 heteroatoms. The van der Waals surface area contributed by atoms with Crippen LogP contribution >= 0.6 is 0 Å². The van der Waals surface area contributed by atoms with Gasteiger partial charge in [0, 0.05) is 25.7 Å². The summed E-state index contributed by atoms with van der Waals surface area (Å²) in [5, 5.41) is 4.08. The quantitative estimate of drug-likeness (QED) is 0.864. The summed E-state index contributed by atoms with van der Waals surface area (Å²) < 4.78 is 0. The van der Waals surface area contributed by atoms with Crippen molar-refractivity contribution in [1.82, 2.24) is 20.2 Å². The molecule has 1 aliphatic rings. The van der Waals surface area contributed by atoms with Gasteiger partial charge in [-0.05, 0) is 26.0 Å². The third kappa shape index (κ3) is 2.46. The van der Waals surface area contributed by atoms with Crippen LogP contribution in [-0.2, 0) is 0 Å². The van der Waals surface area contributed by atoms with Gasteiger partial charge >= 0.3 is 0 Å². The molecule has 0 saturated carbocycles. The molecule has 0 spiro atoms. The summed E-state index contributed by atoms with van der Waals surface area (Å²) in [5.41, 5.74) is 0.710. The topological polar surface area (TPSA) is 61.0 Å². The Kier molecular flexibility index (Phi) is 3.54. The second-order valence-electron chi connectivity index (χ2n) is 5.49. The van der Waals surface area contributed by atoms with Gasteiger partial charge in [0.15, 0.2) is 0 Å². The van der Waals surface area contributed by atoms with Gasteiger partial charge in [0.1, 0.15) is 5.82 Å². The van der Waals surface area contributed by atoms with Crippen molar-refractivity contribution >= 4 is 10.9 Å². The molecule has 0 amide bonds. The highest BCUT2D eigenvalue weighted by Gasteiger charge is 2.23. The SMILES string of the molecule is C[C@H]1CN([C@@H](C)c2nc3ccccc3c(=O)[nH]2)CCN1. The van der Waals surface area contributed by atoms with Crippen LogP contribution < -0.4 is 10.9 Å². The molecule has 0 bridgehead atoms. The summed E-state index contributed by atoms with van der Waals surface area (Å²) in [7, 11) is 0. The Hall–Kier alpha value is -1.72. The van der Waals surface area contributed by atoms with E-state index in [2.05, 4.69) is 34.0 Å². The predicted octanol–water partition coefficient (Wildman–Crippen LogP) is 1.28. The highest BCUT2D eigenvalue weighted by molar-refractivity contribution is 5.77. The number of hydrogen-bond acceptors (Lipinski definition) is 4. The first kappa shape index (κ1) is 13.3. The number of nitrogens with zero attached hydrogens (tertiary/aromatic N) is 2. The molecule has 1 aromatic carbocycles. The largest absolute Gasteiger partial charge is 0.312 e. The maximum Gasteiger partial charge on any atom is 0.258 e. The number of benzene rings is 1. The predicted molar refractivity (Wildman–Crippen MR) is 79.8 cm³/mol. The molecular weight excluding hydrogens is 252 g/mol. The average Bonchev–Trinajstić information content (AvgIpc) is 2.46. The zero-order valence-electron chi connectivity index (χ0n) is 11.9. The molecular formula is C15H20N4O. The Morgan fingerprint density at radius 3 is 3.00 bits per heavy atom. The van der Waals surface area contributed by atoms with E-state index >= 15 is 0 Å². The number of para-hydroxylation sites is 1. The number of nitrogens with one attached hydrogen (secondary N) is 2. The van der Waals surface area contributed by atoms with E-state index in [9.17, 15) is 4.79 Å². The Morgan fingerprint density at radius 1 is 1.40 bits per heavy atom. The highest BCUT2D eigenvalue weighted by atomic mass is 16.1. The van der Waals surface area contributed by atoms with Crippen LogP contribution in [-0.4, -0.2) is 40.5 Å². The van der Waals surface area contributed by atoms with Crippen molar-refractivity contribution in [3.63, 3.8) is 0 Å². The van der Waals surface area contributed by atoms with Crippen LogP contribution in [0.1, 0.15) is 25.7 Å². The minimum Gasteiger partial charge on any atom is -0.312 e. The fourth-order valence-electron chi connectivity index (χ4n) is 2.79. The fraction of sp³-hybridized carbons (Fsp3) is 0.467. The molecule has 20 heavy (non-hydrogen) atoms. The van der Waals surface area contributed by atoms with Gasteiger partial charge in [0.05, 0.1) is 16.9 Å². The fourth-order valence-corrected chi connectivity index (χ4v) is 2.79. The van der Waals surface area contributed by atoms with Crippen LogP contribution in [0.15, 0.2) is 29.1 Å². The van der Waals surface area contributed by atoms with Gasteiger partial charge in [0.2, 0.25) is 0 Å². The number of aromatic amines is 1. The van der Waals surface area contributed by atoms with Crippen LogP contribution in [0, 0.1) is 0 Å². The number of hydrogen-bond donors (Lipinski definition) is 2. The van der Waals surface area contributed by atoms with Crippen molar-refractivity contribution in [2.75, 3.05) is 19.6 Å². The van der Waals surface area contributed by atoms with Crippen LogP contribution in [0.25, 0.3) is 10.9 Å². The van der Waals surface area contributed by atoms with Crippen molar-refractivity contribution in [3.05, 3.63) is 40.4 Å². The zero-order chi connectivity index (χ0) is 14.1. The normalized spacial score (nSPS) is 22.0. The van der Waals surface area contributed by atoms with Crippen molar-refractivity contribution in [1.29, 1.82) is 0 Å². The molecule has 1 fully saturated rings. The van der Waals surface area contributed by atoms with Crippen LogP contribution in [0.5, 0.6) is 0 Å². The van der Waals surface area contributed by atoms with E-state index in [1.807, 2.05) is 24.3 Å². The van der Waals surface area contributed by atoms with Crippen LogP contribution in [0.4, 0.5) is 0 Å². The molecule has 2 heterocycles. The number of piperazine rings is 1. The van der Waals surface area contributed by atoms with Crippen molar-refractivity contribution in [3.8, 4) is 0 Å². The lowest BCUT2D eigenvalue weighted by atomic mass is 10.1. The average molecular weight is 272 g/mol. The van der Waals surface area contributed by atoms with Gasteiger partial charge in [-0.2, -0.15) is 0 Å². The van der Waals surface area contributed by atoms with E-state index in [0.717, 1.165) is 31.0 Å². The Bertz CT molecular complexity index is 666. The summed E-state index contributed by atoms with van der Waals surface area (Å²) in [6.07, 6.45) is 0. The van der Waals surface area contributed by atoms with Crippen molar-refractivity contribution in [2.24, 2.45) is 0 Å². The summed E-state index contributed by atoms with van der Waals surface area (Å²) in [6, 6.07) is 8.07. The molecule has 2 N–H and O–H groups in total. The lowest BCUT2D eigenvalue weighted by Gasteiger charge is -2.35. The maximum atomic E-state index is 12.1. The summed E-state index contributed by atoms with van der Waals surface area (Å²) in [5.74, 6) is 0.753. The van der Waals surface area contributed by atoms with E-state index in [0.29, 0.717) is 11.4 Å². The highest BCUT2D eigenvalue weighted by Crippen LogP contribution is 2.18. The van der Waals surface area contributed by atoms with Gasteiger partial charge in [-0.25, -0.2) is 4.98 Å². The lowest BCUT2D eigenvalue weighted by molar-refractivity contribution is 0.153. The smallest absolute Gasteiger partial charge is 0.258 e. The van der Waals surface area contributed by atoms with Gasteiger partial charge in [-0.3, -0.25) is 9.69 Å². The monoisotopic (exact) mass is 272 g/mol. The molecule has 1 aromatic heterocycles. The Morgan fingerprint density at radius 2 is 2.20 bits per heavy atom. The molecule has 1 saturated heterocycles. The Balaban J connectivity index is 1.95. The first-order valence-electron chi connectivity index (χ1n) is 7.11. The second kappa shape index (κ2) is 5.34. The minimum absolute atomic E-state index is 0.0550. The lowest BCUT2D eigenvalue weighted by Crippen LogP contribution is -2.50. The minimum atomic E-state index is -0.0550. The number of H-pyrrole nitrogens is 1. The first-order chi connectivity index (χ1) is 9.65. The molecule has 106 valence electrons. The van der Waals surface area contributed by atoms with E-state index in [-0.39, 0.29) is 11.6 Å². The third-order valence-corrected chi connectivity index (χ3v) is 3.97. The molecule has 0 unspecified atom stereocenters. The van der Waals surface area contributed by atoms with Crippen molar-refractivity contribution < 1.29 is 0 Å². The molecule has 5 nitrogen and oxygen atoms in total. The van der Waals surface area contributed by atoms with Crippen molar-refractivity contribution in [2.45, 2.75) is 25.9 Å². The van der Waals surface area contributed by atoms with E-state index < -0.39 is 0 Å². The molecule has 0 aliphatic carbocycles. The Labute approximate surface area is 118 Å². The molecule has 3 rings (SSSR count). The maximum absolute atomic E-state index is 12.1. The standard InChI is InChI=1S/C15H20N4O/c1-10-9-19(8-7-16-10)11(2)14-17-13-6-4-3-5-12(13)15(20)18-14/h3-6,10-11,16H,7-9H2,1-2H3,(H,17,18,20)/t10-,11-/m0/s1. The van der Waals surface area contributed by atoms with Crippen LogP contribution in [0.3, 0.4) is 0 Å². The van der Waals surface area contributed by atoms with E-state index in [4.69, 9.17) is 0 Å². The van der Waals surface area contributed by atoms with Gasteiger partial charge in [-0.15, -0.1) is 0 Å². The first-order valence-corrected chi connectivity index (χ1v) is 7.11. The van der Waals surface area contributed by atoms with E-state index in [1.165, 1.54) is 0 Å². The zero-order valence-corrected chi connectivity index (χ0v) is 11.9. The van der Waals surface area contributed by atoms with E-state index in [1.54, 1.807) is 0 Å². The molecule has 0 radical (unpaired) electrons. The van der Waals surface area contributed by atoms with Crippen LogP contribution in [0.2, 0.25) is 0 Å². The molecule has 2 aromatic rings. The number of rotatable bonds is 2. The summed E-state index contributed by atoms with van der Waals surface area (Å²) in [6.45, 7) is 7.20. The van der Waals surface area contributed by atoms with Gasteiger partial charge in [-0.1, -0.05) is 12.1 Å². The second-order valence-corrected chi connectivity index (χ2v) is 5.49. The summed E-state index contributed by atoms with van der Waals surface area (Å²) in [4.78, 5) is 22.0.